The number of sulfone groups is 1. The van der Waals surface area contributed by atoms with Gasteiger partial charge in [-0.05, 0) is 36.8 Å². The molecule has 2 aromatic rings. The average Bonchev–Trinajstić information content (AvgIpc) is 3.07. The number of hydrogen-bond donors (Lipinski definition) is 0. The van der Waals surface area contributed by atoms with Gasteiger partial charge in [0.25, 0.3) is 0 Å². The van der Waals surface area contributed by atoms with Gasteiger partial charge < -0.3 is 4.52 Å². The maximum absolute atomic E-state index is 12.3. The molecule has 1 spiro atoms. The zero-order valence-electron chi connectivity index (χ0n) is 11.5. The molecule has 2 fully saturated rings. The number of benzene rings is 1. The van der Waals surface area contributed by atoms with Crippen molar-refractivity contribution in [1.82, 2.24) is 10.1 Å². The molecule has 1 heterocycles. The van der Waals surface area contributed by atoms with Gasteiger partial charge in [0.1, 0.15) is 5.75 Å². The summed E-state index contributed by atoms with van der Waals surface area (Å²) in [5, 5.41) is 3.85. The molecule has 2 aliphatic carbocycles. The fourth-order valence-corrected chi connectivity index (χ4v) is 4.42. The molecular formula is C15H16N2O3S. The normalized spacial score (nSPS) is 23.0. The van der Waals surface area contributed by atoms with Crippen LogP contribution in [-0.4, -0.2) is 18.6 Å². The molecule has 1 aromatic heterocycles. The standard InChI is InChI=1S/C15H16N2O3S/c18-21(19,11-5-2-1-3-6-11)10-13-16-14(20-17-13)12-9-15(12)7-4-8-15/h1-3,5-6,12H,4,7-10H2. The Balaban J connectivity index is 1.52. The number of hydrogen-bond acceptors (Lipinski definition) is 5. The molecule has 1 atom stereocenters. The average molecular weight is 304 g/mol. The molecule has 21 heavy (non-hydrogen) atoms. The van der Waals surface area contributed by atoms with Crippen LogP contribution < -0.4 is 0 Å². The topological polar surface area (TPSA) is 73.1 Å². The van der Waals surface area contributed by atoms with Crippen LogP contribution >= 0.6 is 0 Å². The molecule has 0 amide bonds. The first kappa shape index (κ1) is 13.0. The summed E-state index contributed by atoms with van der Waals surface area (Å²) in [6.45, 7) is 0. The van der Waals surface area contributed by atoms with Gasteiger partial charge in [-0.15, -0.1) is 0 Å². The minimum atomic E-state index is -3.41. The van der Waals surface area contributed by atoms with E-state index in [2.05, 4.69) is 10.1 Å². The van der Waals surface area contributed by atoms with E-state index in [9.17, 15) is 8.42 Å². The molecule has 0 aliphatic heterocycles. The molecule has 5 nitrogen and oxygen atoms in total. The van der Waals surface area contributed by atoms with Crippen LogP contribution in [0.15, 0.2) is 39.8 Å². The van der Waals surface area contributed by atoms with Gasteiger partial charge in [-0.1, -0.05) is 29.8 Å². The van der Waals surface area contributed by atoms with Crippen molar-refractivity contribution in [2.75, 3.05) is 0 Å². The Hall–Kier alpha value is -1.69. The van der Waals surface area contributed by atoms with Gasteiger partial charge in [0.15, 0.2) is 15.7 Å². The van der Waals surface area contributed by atoms with Crippen molar-refractivity contribution in [3.05, 3.63) is 42.0 Å². The summed E-state index contributed by atoms with van der Waals surface area (Å²) in [5.74, 6) is 1.02. The van der Waals surface area contributed by atoms with E-state index in [1.807, 2.05) is 0 Å². The number of nitrogens with zero attached hydrogens (tertiary/aromatic N) is 2. The minimum Gasteiger partial charge on any atom is -0.339 e. The van der Waals surface area contributed by atoms with Crippen LogP contribution in [0, 0.1) is 5.41 Å². The van der Waals surface area contributed by atoms with Crippen molar-refractivity contribution in [3.8, 4) is 0 Å². The van der Waals surface area contributed by atoms with Gasteiger partial charge in [-0.2, -0.15) is 4.98 Å². The van der Waals surface area contributed by atoms with Gasteiger partial charge in [0, 0.05) is 5.92 Å². The van der Waals surface area contributed by atoms with Crippen molar-refractivity contribution >= 4 is 9.84 Å². The molecule has 1 unspecified atom stereocenters. The predicted octanol–water partition coefficient (Wildman–Crippen LogP) is 2.70. The molecule has 2 saturated carbocycles. The van der Waals surface area contributed by atoms with E-state index < -0.39 is 9.84 Å². The molecule has 6 heteroatoms. The van der Waals surface area contributed by atoms with Gasteiger partial charge in [0.05, 0.1) is 4.90 Å². The quantitative estimate of drug-likeness (QED) is 0.868. The van der Waals surface area contributed by atoms with Crippen molar-refractivity contribution in [3.63, 3.8) is 0 Å². The Morgan fingerprint density at radius 1 is 1.24 bits per heavy atom. The van der Waals surface area contributed by atoms with E-state index in [0.29, 0.717) is 22.1 Å². The maximum atomic E-state index is 12.3. The van der Waals surface area contributed by atoms with Crippen LogP contribution in [0.25, 0.3) is 0 Å². The Morgan fingerprint density at radius 3 is 2.62 bits per heavy atom. The first-order chi connectivity index (χ1) is 10.1. The lowest BCUT2D eigenvalue weighted by molar-refractivity contribution is 0.258. The van der Waals surface area contributed by atoms with Gasteiger partial charge in [-0.3, -0.25) is 0 Å². The summed E-state index contributed by atoms with van der Waals surface area (Å²) in [7, 11) is -3.41. The molecular weight excluding hydrogens is 288 g/mol. The van der Waals surface area contributed by atoms with E-state index in [4.69, 9.17) is 4.52 Å². The lowest BCUT2D eigenvalue weighted by Gasteiger charge is -2.25. The zero-order chi connectivity index (χ0) is 14.5. The summed E-state index contributed by atoms with van der Waals surface area (Å²) in [6.07, 6.45) is 4.86. The van der Waals surface area contributed by atoms with Crippen molar-refractivity contribution < 1.29 is 12.9 Å². The smallest absolute Gasteiger partial charge is 0.230 e. The summed E-state index contributed by atoms with van der Waals surface area (Å²) in [6, 6.07) is 8.37. The predicted molar refractivity (Wildman–Crippen MR) is 75.3 cm³/mol. The molecule has 110 valence electrons. The second-order valence-electron chi connectivity index (χ2n) is 6.09. The molecule has 2 aliphatic rings. The molecule has 0 N–H and O–H groups in total. The Morgan fingerprint density at radius 2 is 2.00 bits per heavy atom. The SMILES string of the molecule is O=S(=O)(Cc1noc(C2CC23CCC3)n1)c1ccccc1. The first-order valence-electron chi connectivity index (χ1n) is 7.19. The fourth-order valence-electron chi connectivity index (χ4n) is 3.23. The van der Waals surface area contributed by atoms with Crippen LogP contribution in [0.4, 0.5) is 0 Å². The van der Waals surface area contributed by atoms with Crippen LogP contribution in [0.2, 0.25) is 0 Å². The van der Waals surface area contributed by atoms with E-state index in [1.165, 1.54) is 19.3 Å². The highest BCUT2D eigenvalue weighted by Crippen LogP contribution is 2.69. The largest absolute Gasteiger partial charge is 0.339 e. The second kappa shape index (κ2) is 4.40. The van der Waals surface area contributed by atoms with Gasteiger partial charge >= 0.3 is 0 Å². The van der Waals surface area contributed by atoms with E-state index >= 15 is 0 Å². The van der Waals surface area contributed by atoms with E-state index in [-0.39, 0.29) is 11.6 Å². The Bertz CT molecular complexity index is 763. The number of aromatic nitrogens is 2. The highest BCUT2D eigenvalue weighted by molar-refractivity contribution is 7.90. The van der Waals surface area contributed by atoms with Crippen LogP contribution in [-0.2, 0) is 15.6 Å². The monoisotopic (exact) mass is 304 g/mol. The van der Waals surface area contributed by atoms with Crippen LogP contribution in [0.3, 0.4) is 0 Å². The summed E-state index contributed by atoms with van der Waals surface area (Å²) in [5.41, 5.74) is 0.405. The molecule has 1 aromatic carbocycles. The molecule has 0 bridgehead atoms. The summed E-state index contributed by atoms with van der Waals surface area (Å²) < 4.78 is 29.8. The van der Waals surface area contributed by atoms with Gasteiger partial charge in [0.2, 0.25) is 5.89 Å². The maximum Gasteiger partial charge on any atom is 0.230 e. The third-order valence-electron chi connectivity index (χ3n) is 4.74. The van der Waals surface area contributed by atoms with Crippen molar-refractivity contribution in [1.29, 1.82) is 0 Å². The fraction of sp³-hybridized carbons (Fsp3) is 0.467. The van der Waals surface area contributed by atoms with Crippen LogP contribution in [0.1, 0.15) is 43.3 Å². The highest BCUT2D eigenvalue weighted by Gasteiger charge is 2.60. The highest BCUT2D eigenvalue weighted by atomic mass is 32.2. The lowest BCUT2D eigenvalue weighted by atomic mass is 9.80. The number of rotatable bonds is 4. The van der Waals surface area contributed by atoms with Gasteiger partial charge in [-0.25, -0.2) is 8.42 Å². The summed E-state index contributed by atoms with van der Waals surface area (Å²) in [4.78, 5) is 4.59. The molecule has 0 saturated heterocycles. The van der Waals surface area contributed by atoms with E-state index in [0.717, 1.165) is 6.42 Å². The van der Waals surface area contributed by atoms with Crippen molar-refractivity contribution in [2.45, 2.75) is 42.2 Å². The Labute approximate surface area is 123 Å². The molecule has 0 radical (unpaired) electrons. The Kier molecular flexibility index (Phi) is 2.73. The first-order valence-corrected chi connectivity index (χ1v) is 8.85. The lowest BCUT2D eigenvalue weighted by Crippen LogP contribution is -2.14. The third-order valence-corrected chi connectivity index (χ3v) is 6.37. The molecule has 4 rings (SSSR count). The third kappa shape index (κ3) is 2.18. The second-order valence-corrected chi connectivity index (χ2v) is 8.08. The summed E-state index contributed by atoms with van der Waals surface area (Å²) >= 11 is 0. The van der Waals surface area contributed by atoms with E-state index in [1.54, 1.807) is 30.3 Å². The van der Waals surface area contributed by atoms with Crippen molar-refractivity contribution in [2.24, 2.45) is 5.41 Å². The van der Waals surface area contributed by atoms with Crippen LogP contribution in [0.5, 0.6) is 0 Å². The zero-order valence-corrected chi connectivity index (χ0v) is 12.3. The minimum absolute atomic E-state index is 0.208.